The Morgan fingerprint density at radius 1 is 0.889 bits per heavy atom. The van der Waals surface area contributed by atoms with Gasteiger partial charge in [0.05, 0.1) is 13.7 Å². The van der Waals surface area contributed by atoms with Crippen LogP contribution in [0.4, 0.5) is 0 Å². The first-order valence-electron chi connectivity index (χ1n) is 10.1. The van der Waals surface area contributed by atoms with Crippen molar-refractivity contribution in [2.24, 2.45) is 0 Å². The molecule has 2 aliphatic heterocycles. The van der Waals surface area contributed by atoms with E-state index in [9.17, 15) is 9.59 Å². The van der Waals surface area contributed by atoms with Crippen LogP contribution in [0.25, 0.3) is 0 Å². The zero-order chi connectivity index (χ0) is 19.1. The molecule has 2 amide bonds. The number of amides is 2. The van der Waals surface area contributed by atoms with Crippen molar-refractivity contribution in [3.05, 3.63) is 29.8 Å². The molecule has 0 saturated carbocycles. The number of nitrogens with zero attached hydrogens (tertiary/aromatic N) is 3. The van der Waals surface area contributed by atoms with Gasteiger partial charge in [-0.3, -0.25) is 14.5 Å². The summed E-state index contributed by atoms with van der Waals surface area (Å²) in [6.45, 7) is 5.44. The number of hydrogen-bond donors (Lipinski definition) is 0. The molecular weight excluding hydrogens is 342 g/mol. The van der Waals surface area contributed by atoms with Crippen LogP contribution in [0.5, 0.6) is 5.75 Å². The van der Waals surface area contributed by atoms with Gasteiger partial charge in [-0.1, -0.05) is 18.2 Å². The van der Waals surface area contributed by atoms with Crippen molar-refractivity contribution < 1.29 is 14.3 Å². The van der Waals surface area contributed by atoms with Gasteiger partial charge in [-0.2, -0.15) is 0 Å². The van der Waals surface area contributed by atoms with Crippen LogP contribution in [0, 0.1) is 0 Å². The zero-order valence-corrected chi connectivity index (χ0v) is 16.4. The number of methoxy groups -OCH3 is 1. The molecule has 0 aromatic heterocycles. The Bertz CT molecular complexity index is 643. The minimum atomic E-state index is 0.189. The Balaban J connectivity index is 1.45. The van der Waals surface area contributed by atoms with Gasteiger partial charge < -0.3 is 14.5 Å². The van der Waals surface area contributed by atoms with Crippen molar-refractivity contribution >= 4 is 11.8 Å². The molecule has 0 aliphatic carbocycles. The molecule has 148 valence electrons. The van der Waals surface area contributed by atoms with Crippen LogP contribution in [-0.2, 0) is 16.0 Å². The molecule has 0 spiro atoms. The fourth-order valence-corrected chi connectivity index (χ4v) is 3.95. The maximum atomic E-state index is 12.7. The molecular formula is C21H31N3O3. The number of benzene rings is 1. The molecule has 0 unspecified atom stereocenters. The predicted molar refractivity (Wildman–Crippen MR) is 105 cm³/mol. The normalized spacial score (nSPS) is 18.4. The number of carbonyl (C=O) groups excluding carboxylic acids is 2. The van der Waals surface area contributed by atoms with Gasteiger partial charge in [0.15, 0.2) is 0 Å². The van der Waals surface area contributed by atoms with E-state index in [1.54, 1.807) is 7.11 Å². The van der Waals surface area contributed by atoms with E-state index in [0.29, 0.717) is 25.9 Å². The Labute approximate surface area is 162 Å². The Hall–Kier alpha value is -2.08. The number of ether oxygens (including phenoxy) is 1. The van der Waals surface area contributed by atoms with E-state index < -0.39 is 0 Å². The van der Waals surface area contributed by atoms with Crippen LogP contribution in [0.2, 0.25) is 0 Å². The van der Waals surface area contributed by atoms with Gasteiger partial charge in [0.1, 0.15) is 5.75 Å². The highest BCUT2D eigenvalue weighted by Crippen LogP contribution is 2.19. The monoisotopic (exact) mass is 373 g/mol. The molecule has 6 nitrogen and oxygen atoms in total. The summed E-state index contributed by atoms with van der Waals surface area (Å²) in [7, 11) is 1.66. The summed E-state index contributed by atoms with van der Waals surface area (Å²) in [4.78, 5) is 31.1. The summed E-state index contributed by atoms with van der Waals surface area (Å²) in [5, 5.41) is 0. The highest BCUT2D eigenvalue weighted by Gasteiger charge is 2.23. The highest BCUT2D eigenvalue weighted by atomic mass is 16.5. The summed E-state index contributed by atoms with van der Waals surface area (Å²) >= 11 is 0. The Morgan fingerprint density at radius 3 is 2.37 bits per heavy atom. The van der Waals surface area contributed by atoms with Gasteiger partial charge in [0, 0.05) is 45.7 Å². The van der Waals surface area contributed by atoms with Gasteiger partial charge >= 0.3 is 0 Å². The predicted octanol–water partition coefficient (Wildman–Crippen LogP) is 1.78. The first kappa shape index (κ1) is 19.7. The van der Waals surface area contributed by atoms with E-state index in [-0.39, 0.29) is 11.8 Å². The van der Waals surface area contributed by atoms with Crippen LogP contribution >= 0.6 is 0 Å². The van der Waals surface area contributed by atoms with Gasteiger partial charge in [0.25, 0.3) is 0 Å². The van der Waals surface area contributed by atoms with Crippen molar-refractivity contribution in [1.82, 2.24) is 14.7 Å². The molecule has 0 N–H and O–H groups in total. The molecule has 1 aromatic carbocycles. The Morgan fingerprint density at radius 2 is 1.59 bits per heavy atom. The molecule has 0 radical (unpaired) electrons. The molecule has 1 aromatic rings. The van der Waals surface area contributed by atoms with Crippen LogP contribution in [-0.4, -0.2) is 79.4 Å². The summed E-state index contributed by atoms with van der Waals surface area (Å²) in [5.74, 6) is 1.27. The maximum absolute atomic E-state index is 12.7. The highest BCUT2D eigenvalue weighted by molar-refractivity contribution is 5.78. The fraction of sp³-hybridized carbons (Fsp3) is 0.619. The largest absolute Gasteiger partial charge is 0.496 e. The second-order valence-corrected chi connectivity index (χ2v) is 7.41. The maximum Gasteiger partial charge on any atom is 0.236 e. The molecule has 6 heteroatoms. The van der Waals surface area contributed by atoms with Gasteiger partial charge in [-0.15, -0.1) is 0 Å². The van der Waals surface area contributed by atoms with Gasteiger partial charge in [-0.25, -0.2) is 0 Å². The van der Waals surface area contributed by atoms with E-state index >= 15 is 0 Å². The van der Waals surface area contributed by atoms with E-state index in [0.717, 1.165) is 63.3 Å². The van der Waals surface area contributed by atoms with Crippen molar-refractivity contribution in [1.29, 1.82) is 0 Å². The third-order valence-corrected chi connectivity index (χ3v) is 5.56. The van der Waals surface area contributed by atoms with Crippen molar-refractivity contribution in [3.8, 4) is 5.75 Å². The minimum Gasteiger partial charge on any atom is -0.496 e. The standard InChI is InChI=1S/C21H31N3O3/c1-27-19-8-3-2-7-18(19)9-10-20(25)24-14-6-11-22(15-16-24)17-21(26)23-12-4-5-13-23/h2-3,7-8H,4-6,9-17H2,1H3. The zero-order valence-electron chi connectivity index (χ0n) is 16.4. The smallest absolute Gasteiger partial charge is 0.236 e. The SMILES string of the molecule is COc1ccccc1CCC(=O)N1CCCN(CC(=O)N2CCCC2)CC1. The third-order valence-electron chi connectivity index (χ3n) is 5.56. The summed E-state index contributed by atoms with van der Waals surface area (Å²) in [5.41, 5.74) is 1.07. The number of hydrogen-bond acceptors (Lipinski definition) is 4. The number of rotatable bonds is 6. The van der Waals surface area contributed by atoms with Crippen LogP contribution in [0.1, 0.15) is 31.2 Å². The number of carbonyl (C=O) groups is 2. The molecule has 2 aliphatic rings. The summed E-state index contributed by atoms with van der Waals surface area (Å²) in [6.07, 6.45) is 4.36. The first-order valence-corrected chi connectivity index (χ1v) is 10.1. The van der Waals surface area contributed by atoms with Crippen LogP contribution in [0.15, 0.2) is 24.3 Å². The minimum absolute atomic E-state index is 0.189. The Kier molecular flexibility index (Phi) is 7.10. The molecule has 27 heavy (non-hydrogen) atoms. The van der Waals surface area contributed by atoms with Crippen LogP contribution in [0.3, 0.4) is 0 Å². The summed E-state index contributed by atoms with van der Waals surface area (Å²) in [6, 6.07) is 7.86. The fourth-order valence-electron chi connectivity index (χ4n) is 3.95. The molecule has 3 rings (SSSR count). The second kappa shape index (κ2) is 9.74. The molecule has 0 atom stereocenters. The topological polar surface area (TPSA) is 53.1 Å². The average Bonchev–Trinajstić information content (AvgIpc) is 3.14. The third kappa shape index (κ3) is 5.45. The van der Waals surface area contributed by atoms with Crippen LogP contribution < -0.4 is 4.74 Å². The lowest BCUT2D eigenvalue weighted by Crippen LogP contribution is -2.41. The van der Waals surface area contributed by atoms with Crippen molar-refractivity contribution in [3.63, 3.8) is 0 Å². The number of para-hydroxylation sites is 1. The van der Waals surface area contributed by atoms with Gasteiger partial charge in [0.2, 0.25) is 11.8 Å². The number of aryl methyl sites for hydroxylation is 1. The average molecular weight is 373 g/mol. The molecule has 2 saturated heterocycles. The van der Waals surface area contributed by atoms with E-state index in [1.807, 2.05) is 34.1 Å². The second-order valence-electron chi connectivity index (χ2n) is 7.41. The number of likely N-dealkylation sites (tertiary alicyclic amines) is 1. The first-order chi connectivity index (χ1) is 13.2. The van der Waals surface area contributed by atoms with Crippen molar-refractivity contribution in [2.45, 2.75) is 32.1 Å². The van der Waals surface area contributed by atoms with Gasteiger partial charge in [-0.05, 0) is 37.3 Å². The molecule has 0 bridgehead atoms. The lowest BCUT2D eigenvalue weighted by molar-refractivity contribution is -0.131. The molecule has 2 heterocycles. The van der Waals surface area contributed by atoms with Crippen molar-refractivity contribution in [2.75, 3.05) is 52.9 Å². The van der Waals surface area contributed by atoms with E-state index in [4.69, 9.17) is 4.74 Å². The molecule has 2 fully saturated rings. The summed E-state index contributed by atoms with van der Waals surface area (Å²) < 4.78 is 5.37. The quantitative estimate of drug-likeness (QED) is 0.763. The lowest BCUT2D eigenvalue weighted by Gasteiger charge is -2.24. The van der Waals surface area contributed by atoms with E-state index in [1.165, 1.54) is 0 Å². The lowest BCUT2D eigenvalue weighted by atomic mass is 10.1. The van der Waals surface area contributed by atoms with E-state index in [2.05, 4.69) is 4.90 Å².